The van der Waals surface area contributed by atoms with Crippen molar-refractivity contribution < 1.29 is 4.79 Å². The van der Waals surface area contributed by atoms with Crippen LogP contribution in [-0.2, 0) is 0 Å². The molecule has 8 heteroatoms. The predicted molar refractivity (Wildman–Crippen MR) is 108 cm³/mol. The van der Waals surface area contributed by atoms with E-state index in [-0.39, 0.29) is 5.91 Å². The zero-order chi connectivity index (χ0) is 18.4. The van der Waals surface area contributed by atoms with Crippen molar-refractivity contribution in [1.82, 2.24) is 20.3 Å². The summed E-state index contributed by atoms with van der Waals surface area (Å²) >= 11 is 3.69. The number of rotatable bonds is 3. The summed E-state index contributed by atoms with van der Waals surface area (Å²) < 4.78 is 0.944. The monoisotopic (exact) mass is 426 g/mol. The number of nitrogens with zero attached hydrogens (tertiary/aromatic N) is 3. The van der Waals surface area contributed by atoms with Gasteiger partial charge in [0, 0.05) is 50.5 Å². The largest absolute Gasteiger partial charge is 0.365 e. The minimum absolute atomic E-state index is 0.184. The van der Waals surface area contributed by atoms with Gasteiger partial charge in [0.15, 0.2) is 0 Å². The van der Waals surface area contributed by atoms with Crippen molar-refractivity contribution >= 4 is 44.2 Å². The number of halogens is 1. The van der Waals surface area contributed by atoms with Crippen molar-refractivity contribution in [3.8, 4) is 0 Å². The maximum absolute atomic E-state index is 12.6. The summed E-state index contributed by atoms with van der Waals surface area (Å²) in [6.07, 6.45) is 8.03. The van der Waals surface area contributed by atoms with Crippen LogP contribution >= 0.6 is 15.9 Å². The van der Waals surface area contributed by atoms with E-state index >= 15 is 0 Å². The Morgan fingerprint density at radius 2 is 2.26 bits per heavy atom. The highest BCUT2D eigenvalue weighted by molar-refractivity contribution is 9.10. The molecular weight excluding hydrogens is 408 g/mol. The Bertz CT molecular complexity index is 1000. The van der Waals surface area contributed by atoms with E-state index in [1.165, 1.54) is 6.42 Å². The Labute approximate surface area is 164 Å². The lowest BCUT2D eigenvalue weighted by molar-refractivity contribution is 0.102. The summed E-state index contributed by atoms with van der Waals surface area (Å²) in [4.78, 5) is 26.8. The van der Waals surface area contributed by atoms with Crippen LogP contribution in [0.1, 0.15) is 16.8 Å². The molecule has 2 saturated heterocycles. The summed E-state index contributed by atoms with van der Waals surface area (Å²) in [5.41, 5.74) is 3.12. The highest BCUT2D eigenvalue weighted by atomic mass is 79.9. The van der Waals surface area contributed by atoms with Crippen molar-refractivity contribution in [2.24, 2.45) is 5.92 Å². The van der Waals surface area contributed by atoms with Crippen LogP contribution in [0.25, 0.3) is 11.0 Å². The summed E-state index contributed by atoms with van der Waals surface area (Å²) in [5, 5.41) is 7.45. The maximum atomic E-state index is 12.6. The third-order valence-electron chi connectivity index (χ3n) is 5.53. The van der Waals surface area contributed by atoms with Gasteiger partial charge in [-0.15, -0.1) is 0 Å². The minimum Gasteiger partial charge on any atom is -0.365 e. The van der Waals surface area contributed by atoms with Crippen LogP contribution in [0, 0.1) is 5.92 Å². The van der Waals surface area contributed by atoms with E-state index in [4.69, 9.17) is 0 Å². The Balaban J connectivity index is 1.57. The van der Waals surface area contributed by atoms with E-state index in [2.05, 4.69) is 46.4 Å². The third kappa shape index (κ3) is 2.80. The van der Waals surface area contributed by atoms with E-state index < -0.39 is 0 Å². The molecule has 138 valence electrons. The standard InChI is InChI=1S/C19H19BrN6O/c20-13-8-23-18-16(17(13)26-5-3-11-6-22-10-15(11)26)14(9-24-18)25-19(27)12-2-1-4-21-7-12/h1-2,4,7-9,11,15,22H,3,5-6,10H2,(H,23,24)(H,25,27). The molecule has 0 aliphatic carbocycles. The number of hydrogen-bond acceptors (Lipinski definition) is 5. The van der Waals surface area contributed by atoms with Gasteiger partial charge in [-0.25, -0.2) is 4.98 Å². The van der Waals surface area contributed by atoms with Crippen molar-refractivity contribution in [1.29, 1.82) is 0 Å². The molecule has 0 bridgehead atoms. The van der Waals surface area contributed by atoms with Crippen LogP contribution in [0.2, 0.25) is 0 Å². The number of anilines is 2. The molecule has 1 amide bonds. The first-order valence-electron chi connectivity index (χ1n) is 9.06. The molecule has 2 fully saturated rings. The van der Waals surface area contributed by atoms with Gasteiger partial charge in [-0.2, -0.15) is 0 Å². The number of nitrogens with one attached hydrogen (secondary N) is 3. The fourth-order valence-corrected chi connectivity index (χ4v) is 4.78. The first kappa shape index (κ1) is 16.7. The molecule has 2 aliphatic rings. The number of hydrogen-bond donors (Lipinski definition) is 3. The summed E-state index contributed by atoms with van der Waals surface area (Å²) in [7, 11) is 0. The van der Waals surface area contributed by atoms with Gasteiger partial charge in [-0.3, -0.25) is 9.78 Å². The van der Waals surface area contributed by atoms with Crippen LogP contribution in [0.3, 0.4) is 0 Å². The summed E-state index contributed by atoms with van der Waals surface area (Å²) in [5.74, 6) is 0.490. The van der Waals surface area contributed by atoms with Crippen molar-refractivity contribution in [3.05, 3.63) is 47.0 Å². The fourth-order valence-electron chi connectivity index (χ4n) is 4.25. The molecular formula is C19H19BrN6O. The quantitative estimate of drug-likeness (QED) is 0.599. The molecule has 5 rings (SSSR count). The zero-order valence-electron chi connectivity index (χ0n) is 14.6. The van der Waals surface area contributed by atoms with E-state index in [1.54, 1.807) is 24.5 Å². The van der Waals surface area contributed by atoms with Crippen LogP contribution in [-0.4, -0.2) is 46.5 Å². The topological polar surface area (TPSA) is 85.9 Å². The van der Waals surface area contributed by atoms with Gasteiger partial charge in [0.1, 0.15) is 5.65 Å². The molecule has 2 unspecified atom stereocenters. The van der Waals surface area contributed by atoms with E-state index in [0.29, 0.717) is 17.5 Å². The first-order chi connectivity index (χ1) is 13.2. The lowest BCUT2D eigenvalue weighted by atomic mass is 10.0. The van der Waals surface area contributed by atoms with Gasteiger partial charge in [-0.1, -0.05) is 0 Å². The predicted octanol–water partition coefficient (Wildman–Crippen LogP) is 2.77. The molecule has 5 heterocycles. The number of carbonyl (C=O) groups excluding carboxylic acids is 1. The van der Waals surface area contributed by atoms with Gasteiger partial charge in [0.05, 0.1) is 26.8 Å². The van der Waals surface area contributed by atoms with E-state index in [9.17, 15) is 4.79 Å². The Morgan fingerprint density at radius 1 is 1.33 bits per heavy atom. The number of H-pyrrole nitrogens is 1. The fraction of sp³-hybridized carbons (Fsp3) is 0.316. The average molecular weight is 427 g/mol. The highest BCUT2D eigenvalue weighted by Gasteiger charge is 2.39. The Morgan fingerprint density at radius 3 is 3.11 bits per heavy atom. The zero-order valence-corrected chi connectivity index (χ0v) is 16.2. The number of carbonyl (C=O) groups is 1. The molecule has 2 atom stereocenters. The molecule has 3 aromatic rings. The number of pyridine rings is 2. The Kier molecular flexibility index (Phi) is 4.09. The minimum atomic E-state index is -0.184. The molecule has 3 aromatic heterocycles. The number of aromatic amines is 1. The molecule has 27 heavy (non-hydrogen) atoms. The van der Waals surface area contributed by atoms with Crippen LogP contribution < -0.4 is 15.5 Å². The van der Waals surface area contributed by atoms with Gasteiger partial charge in [0.25, 0.3) is 5.91 Å². The lowest BCUT2D eigenvalue weighted by Crippen LogP contribution is -2.34. The molecule has 0 radical (unpaired) electrons. The molecule has 0 saturated carbocycles. The number of aromatic nitrogens is 3. The second kappa shape index (κ2) is 6.61. The van der Waals surface area contributed by atoms with Crippen molar-refractivity contribution in [2.45, 2.75) is 12.5 Å². The molecule has 0 spiro atoms. The van der Waals surface area contributed by atoms with Crippen molar-refractivity contribution in [2.75, 3.05) is 29.9 Å². The second-order valence-corrected chi connectivity index (χ2v) is 7.90. The highest BCUT2D eigenvalue weighted by Crippen LogP contribution is 2.42. The molecule has 7 nitrogen and oxygen atoms in total. The SMILES string of the molecule is O=C(Nc1c[nH]c2ncc(Br)c(N3CCC4CNCC43)c12)c1cccnc1. The summed E-state index contributed by atoms with van der Waals surface area (Å²) in [6.45, 7) is 3.07. The number of fused-ring (bicyclic) bond motifs is 2. The lowest BCUT2D eigenvalue weighted by Gasteiger charge is -2.27. The van der Waals surface area contributed by atoms with Gasteiger partial charge < -0.3 is 20.5 Å². The molecule has 2 aliphatic heterocycles. The first-order valence-corrected chi connectivity index (χ1v) is 9.86. The van der Waals surface area contributed by atoms with Crippen molar-refractivity contribution in [3.63, 3.8) is 0 Å². The van der Waals surface area contributed by atoms with Gasteiger partial charge >= 0.3 is 0 Å². The normalized spacial score (nSPS) is 21.6. The average Bonchev–Trinajstić information content (AvgIpc) is 3.39. The van der Waals surface area contributed by atoms with Crippen LogP contribution in [0.4, 0.5) is 11.4 Å². The smallest absolute Gasteiger partial charge is 0.257 e. The Hall–Kier alpha value is -2.45. The van der Waals surface area contributed by atoms with Gasteiger partial charge in [-0.05, 0) is 40.4 Å². The molecule has 3 N–H and O–H groups in total. The molecule has 0 aromatic carbocycles. The van der Waals surface area contributed by atoms with E-state index in [1.807, 2.05) is 12.4 Å². The maximum Gasteiger partial charge on any atom is 0.257 e. The van der Waals surface area contributed by atoms with Crippen LogP contribution in [0.15, 0.2) is 41.4 Å². The van der Waals surface area contributed by atoms with E-state index in [0.717, 1.165) is 46.5 Å². The van der Waals surface area contributed by atoms with Crippen LogP contribution in [0.5, 0.6) is 0 Å². The summed E-state index contributed by atoms with van der Waals surface area (Å²) in [6, 6.07) is 3.98. The third-order valence-corrected chi connectivity index (χ3v) is 6.11. The number of amides is 1. The second-order valence-electron chi connectivity index (χ2n) is 7.04. The van der Waals surface area contributed by atoms with Gasteiger partial charge in [0.2, 0.25) is 0 Å².